The molecule has 224 valence electrons. The predicted molar refractivity (Wildman–Crippen MR) is 159 cm³/mol. The Morgan fingerprint density at radius 2 is 1.55 bits per heavy atom. The van der Waals surface area contributed by atoms with Gasteiger partial charge in [-0.05, 0) is 55.2 Å². The van der Waals surface area contributed by atoms with Crippen molar-refractivity contribution < 1.29 is 27.1 Å². The molecule has 0 aliphatic carbocycles. The molecule has 4 rings (SSSR count). The van der Waals surface area contributed by atoms with E-state index in [2.05, 4.69) is 0 Å². The van der Waals surface area contributed by atoms with E-state index in [1.807, 2.05) is 31.2 Å². The van der Waals surface area contributed by atoms with Crippen LogP contribution in [0, 0.1) is 12.7 Å². The number of hydrogen-bond donors (Lipinski definition) is 0. The maximum atomic E-state index is 13.9. The molecule has 1 heterocycles. The lowest BCUT2D eigenvalue weighted by molar-refractivity contribution is -0.137. The van der Waals surface area contributed by atoms with Crippen LogP contribution in [-0.4, -0.2) is 80.3 Å². The number of amides is 2. The quantitative estimate of drug-likeness (QED) is 0.316. The molecular formula is C32H38FN3O5S. The largest absolute Gasteiger partial charge is 0.383 e. The molecule has 2 amide bonds. The molecule has 1 fully saturated rings. The van der Waals surface area contributed by atoms with Crippen LogP contribution >= 0.6 is 0 Å². The molecule has 0 bridgehead atoms. The smallest absolute Gasteiger partial charge is 0.243 e. The van der Waals surface area contributed by atoms with Crippen molar-refractivity contribution in [3.8, 4) is 0 Å². The average Bonchev–Trinajstić information content (AvgIpc) is 3.00. The molecule has 8 nitrogen and oxygen atoms in total. The van der Waals surface area contributed by atoms with Crippen LogP contribution in [0.2, 0.25) is 0 Å². The van der Waals surface area contributed by atoms with Gasteiger partial charge in [-0.25, -0.2) is 12.8 Å². The number of carbonyl (C=O) groups excluding carboxylic acids is 2. The molecule has 1 aliphatic rings. The molecule has 0 radical (unpaired) electrons. The first-order valence-corrected chi connectivity index (χ1v) is 15.5. The van der Waals surface area contributed by atoms with Gasteiger partial charge in [0.25, 0.3) is 0 Å². The van der Waals surface area contributed by atoms with Crippen LogP contribution < -0.4 is 0 Å². The Kier molecular flexibility index (Phi) is 10.8. The second-order valence-corrected chi connectivity index (χ2v) is 12.5. The molecule has 10 heteroatoms. The number of nitrogens with zero attached hydrogens (tertiary/aromatic N) is 3. The van der Waals surface area contributed by atoms with Gasteiger partial charge in [0.2, 0.25) is 21.8 Å². The summed E-state index contributed by atoms with van der Waals surface area (Å²) in [5, 5.41) is 0. The van der Waals surface area contributed by atoms with Crippen molar-refractivity contribution in [2.75, 3.05) is 39.9 Å². The molecule has 42 heavy (non-hydrogen) atoms. The second kappa shape index (κ2) is 14.5. The Morgan fingerprint density at radius 1 is 0.929 bits per heavy atom. The number of rotatable bonds is 12. The number of ether oxygens (including phenoxy) is 1. The highest BCUT2D eigenvalue weighted by Crippen LogP contribution is 2.22. The Labute approximate surface area is 247 Å². The SMILES string of the molecule is COCCN(CC(=O)N(Cc1ccc(C)cc1)C1CCN(C(=O)Cc2ccc(F)cc2)CC1)S(=O)(=O)c1ccccc1. The van der Waals surface area contributed by atoms with Gasteiger partial charge in [0.15, 0.2) is 0 Å². The third-order valence-corrected chi connectivity index (χ3v) is 9.42. The molecule has 0 N–H and O–H groups in total. The standard InChI is InChI=1S/C32H38FN3O5S/c1-25-8-10-27(11-9-25)23-36(29-16-18-34(19-17-29)31(37)22-26-12-14-28(33)15-13-26)32(38)24-35(20-21-41-2)42(39,40)30-6-4-3-5-7-30/h3-15,29H,16-24H2,1-2H3. The maximum absolute atomic E-state index is 13.9. The fraction of sp³-hybridized carbons (Fsp3) is 0.375. The summed E-state index contributed by atoms with van der Waals surface area (Å²) in [5.41, 5.74) is 2.79. The van der Waals surface area contributed by atoms with E-state index in [0.29, 0.717) is 32.5 Å². The van der Waals surface area contributed by atoms with E-state index in [1.54, 1.807) is 40.1 Å². The van der Waals surface area contributed by atoms with Crippen LogP contribution in [-0.2, 0) is 37.3 Å². The number of benzene rings is 3. The summed E-state index contributed by atoms with van der Waals surface area (Å²) in [6.45, 7) is 3.12. The first-order valence-electron chi connectivity index (χ1n) is 14.1. The number of piperidine rings is 1. The molecule has 0 atom stereocenters. The number of halogens is 1. The van der Waals surface area contributed by atoms with Gasteiger partial charge >= 0.3 is 0 Å². The van der Waals surface area contributed by atoms with Crippen LogP contribution in [0.1, 0.15) is 29.5 Å². The van der Waals surface area contributed by atoms with Crippen molar-refractivity contribution in [2.45, 2.75) is 43.7 Å². The fourth-order valence-corrected chi connectivity index (χ4v) is 6.48. The first kappa shape index (κ1) is 31.3. The lowest BCUT2D eigenvalue weighted by Gasteiger charge is -2.39. The summed E-state index contributed by atoms with van der Waals surface area (Å²) < 4.78 is 46.6. The van der Waals surface area contributed by atoms with Crippen molar-refractivity contribution in [1.82, 2.24) is 14.1 Å². The van der Waals surface area contributed by atoms with Crippen molar-refractivity contribution in [3.63, 3.8) is 0 Å². The van der Waals surface area contributed by atoms with E-state index in [4.69, 9.17) is 4.74 Å². The topological polar surface area (TPSA) is 87.2 Å². The van der Waals surface area contributed by atoms with Gasteiger partial charge in [-0.1, -0.05) is 60.2 Å². The van der Waals surface area contributed by atoms with Gasteiger partial charge in [0.05, 0.1) is 24.5 Å². The highest BCUT2D eigenvalue weighted by atomic mass is 32.2. The normalized spacial score (nSPS) is 14.2. The summed E-state index contributed by atoms with van der Waals surface area (Å²) >= 11 is 0. The first-order chi connectivity index (χ1) is 20.2. The van der Waals surface area contributed by atoms with E-state index in [0.717, 1.165) is 16.7 Å². The molecule has 3 aromatic rings. The Hall–Kier alpha value is -3.60. The van der Waals surface area contributed by atoms with E-state index in [9.17, 15) is 22.4 Å². The number of carbonyl (C=O) groups is 2. The Bertz CT molecular complexity index is 1430. The molecular weight excluding hydrogens is 557 g/mol. The van der Waals surface area contributed by atoms with Crippen LogP contribution in [0.5, 0.6) is 0 Å². The highest BCUT2D eigenvalue weighted by Gasteiger charge is 2.33. The summed E-state index contributed by atoms with van der Waals surface area (Å²) in [4.78, 5) is 30.5. The fourth-order valence-electron chi connectivity index (χ4n) is 5.09. The summed E-state index contributed by atoms with van der Waals surface area (Å²) in [6, 6.07) is 21.7. The lowest BCUT2D eigenvalue weighted by Crippen LogP contribution is -2.51. The van der Waals surface area contributed by atoms with E-state index in [1.165, 1.54) is 35.7 Å². The Morgan fingerprint density at radius 3 is 2.17 bits per heavy atom. The monoisotopic (exact) mass is 595 g/mol. The van der Waals surface area contributed by atoms with E-state index in [-0.39, 0.29) is 54.7 Å². The molecule has 0 spiro atoms. The number of aryl methyl sites for hydroxylation is 1. The lowest BCUT2D eigenvalue weighted by atomic mass is 10.0. The number of sulfonamides is 1. The second-order valence-electron chi connectivity index (χ2n) is 10.6. The molecule has 0 unspecified atom stereocenters. The zero-order valence-electron chi connectivity index (χ0n) is 24.1. The van der Waals surface area contributed by atoms with E-state index >= 15 is 0 Å². The third-order valence-electron chi connectivity index (χ3n) is 7.56. The minimum absolute atomic E-state index is 0.0359. The van der Waals surface area contributed by atoms with Gasteiger partial charge in [-0.2, -0.15) is 4.31 Å². The zero-order valence-corrected chi connectivity index (χ0v) is 24.9. The minimum Gasteiger partial charge on any atom is -0.383 e. The number of likely N-dealkylation sites (tertiary alicyclic amines) is 1. The van der Waals surface area contributed by atoms with Crippen molar-refractivity contribution >= 4 is 21.8 Å². The Balaban J connectivity index is 1.50. The van der Waals surface area contributed by atoms with Gasteiger partial charge in [-0.3, -0.25) is 9.59 Å². The van der Waals surface area contributed by atoms with Gasteiger partial charge < -0.3 is 14.5 Å². The molecule has 0 aromatic heterocycles. The summed E-state index contributed by atoms with van der Waals surface area (Å²) in [5.74, 6) is -0.693. The van der Waals surface area contributed by atoms with Crippen LogP contribution in [0.25, 0.3) is 0 Å². The van der Waals surface area contributed by atoms with Crippen molar-refractivity contribution in [2.24, 2.45) is 0 Å². The summed E-state index contributed by atoms with van der Waals surface area (Å²) in [6.07, 6.45) is 1.31. The molecule has 1 aliphatic heterocycles. The van der Waals surface area contributed by atoms with E-state index < -0.39 is 10.0 Å². The number of methoxy groups -OCH3 is 1. The molecule has 0 saturated carbocycles. The number of hydrogen-bond acceptors (Lipinski definition) is 5. The van der Waals surface area contributed by atoms with Crippen molar-refractivity contribution in [3.05, 3.63) is 101 Å². The van der Waals surface area contributed by atoms with Crippen LogP contribution in [0.3, 0.4) is 0 Å². The molecule has 1 saturated heterocycles. The van der Waals surface area contributed by atoms with Gasteiger partial charge in [-0.15, -0.1) is 0 Å². The third kappa shape index (κ3) is 8.24. The van der Waals surface area contributed by atoms with Gasteiger partial charge in [0, 0.05) is 39.3 Å². The summed E-state index contributed by atoms with van der Waals surface area (Å²) in [7, 11) is -2.44. The van der Waals surface area contributed by atoms with Crippen molar-refractivity contribution in [1.29, 1.82) is 0 Å². The predicted octanol–water partition coefficient (Wildman–Crippen LogP) is 4.03. The minimum atomic E-state index is -3.93. The highest BCUT2D eigenvalue weighted by molar-refractivity contribution is 7.89. The zero-order chi connectivity index (χ0) is 30.1. The van der Waals surface area contributed by atoms with Crippen LogP contribution in [0.4, 0.5) is 4.39 Å². The van der Waals surface area contributed by atoms with Gasteiger partial charge in [0.1, 0.15) is 5.82 Å². The molecule has 3 aromatic carbocycles. The van der Waals surface area contributed by atoms with Crippen LogP contribution in [0.15, 0.2) is 83.8 Å². The maximum Gasteiger partial charge on any atom is 0.243 e. The average molecular weight is 596 g/mol.